The molecule has 3 fully saturated rings. The largest absolute Gasteiger partial charge is 0.370 e. The number of carbonyl (C=O) groups is 9. The monoisotopic (exact) mass is 1200 g/mol. The minimum atomic E-state index is -0.544. The van der Waals surface area contributed by atoms with Crippen LogP contribution in [0.1, 0.15) is 234 Å². The Kier molecular flexibility index (Phi) is 36.1. The number of nitrogens with one attached hydrogen (secondary N) is 8. The number of unbranched alkanes of at least 4 members (excludes halogenated alkanes) is 3. The summed E-state index contributed by atoms with van der Waals surface area (Å²) in [6.45, 7) is 13.5. The van der Waals surface area contributed by atoms with Crippen molar-refractivity contribution in [3.05, 3.63) is 0 Å². The molecule has 3 saturated carbocycles. The molecule has 0 spiro atoms. The fraction of sp³-hybridized carbons (Fsp3) is 0.857. The van der Waals surface area contributed by atoms with Crippen molar-refractivity contribution in [1.82, 2.24) is 42.5 Å². The number of nitrogens with two attached hydrogens (primary N) is 5. The Hall–Kier alpha value is -4.93. The van der Waals surface area contributed by atoms with Crippen molar-refractivity contribution in [3.8, 4) is 0 Å². The fourth-order valence-electron chi connectivity index (χ4n) is 13.0. The predicted molar refractivity (Wildman–Crippen MR) is 333 cm³/mol. The molecule has 0 unspecified atom stereocenters. The average Bonchev–Trinajstić information content (AvgIpc) is 3.63. The van der Waals surface area contributed by atoms with Crippen LogP contribution in [0.5, 0.6) is 0 Å². The maximum atomic E-state index is 14.3. The van der Waals surface area contributed by atoms with E-state index in [9.17, 15) is 43.2 Å². The quantitative estimate of drug-likeness (QED) is 0.0384. The lowest BCUT2D eigenvalue weighted by Crippen LogP contribution is -2.52. The zero-order chi connectivity index (χ0) is 62.8. The molecule has 0 bridgehead atoms. The number of primary amides is 1. The third-order valence-corrected chi connectivity index (χ3v) is 17.1. The lowest BCUT2D eigenvalue weighted by Gasteiger charge is -2.33. The highest BCUT2D eigenvalue weighted by molar-refractivity contribution is 5.86. The number of hydrogen-bond acceptors (Lipinski definition) is 13. The third kappa shape index (κ3) is 31.0. The minimum Gasteiger partial charge on any atom is -0.370 e. The Morgan fingerprint density at radius 2 is 0.659 bits per heavy atom. The summed E-state index contributed by atoms with van der Waals surface area (Å²) < 4.78 is 0. The molecule has 0 aliphatic heterocycles. The Labute approximate surface area is 509 Å². The van der Waals surface area contributed by atoms with Crippen LogP contribution in [-0.2, 0) is 43.2 Å². The van der Waals surface area contributed by atoms with Gasteiger partial charge in [-0.3, -0.25) is 43.2 Å². The summed E-state index contributed by atoms with van der Waals surface area (Å²) in [6, 6.07) is -3.95. The molecule has 12 atom stereocenters. The SMILES string of the molecule is CC(C)C[C@H](CC(N)=O)NC(=O)C[C@@H](CCCCN)NC(=O)[C@@H]1CCCC[C@H]1NC(=O)C[C@@H](CC(C)C)NC(=O)C[C@@H](CCCCN)NC(=O)[C@@H]1CCCC[C@H]1NC(=O)C[C@@H](CC(C)C)NC(=O)C[C@@H](CCCCN)NC(=O)[C@@H]1CCCC[C@H]1N. The average molecular weight is 1200 g/mol. The standard InChI is InChI=1S/C63H117N13O9/c1-40(2)31-46(34-55(68)77)69-56(78)36-44(20-14-17-29-65)73-62(84)50-23-8-11-26-53(50)75-60(82)39-48(33-42(5)6)71-58(80)37-45(21-15-18-30-66)74-63(85)51-24-9-12-27-54(51)76-59(81)38-47(32-41(3)4)70-57(79)35-43(19-13-16-28-64)72-61(83)49-22-7-10-25-52(49)67/h40-54H,7-39,64-67H2,1-6H3,(H2,68,77)(H,69,78)(H,70,79)(H,71,80)(H,72,83)(H,73,84)(H,74,85)(H,75,82)(H,76,81)/t43-,44-,45-,46-,47-,48-,49-,50-,51-,52-,53-,54-/m1/s1. The summed E-state index contributed by atoms with van der Waals surface area (Å²) in [5.41, 5.74) is 29.3. The molecule has 0 radical (unpaired) electrons. The molecular weight excluding hydrogens is 1080 g/mol. The van der Waals surface area contributed by atoms with Crippen LogP contribution in [0.3, 0.4) is 0 Å². The zero-order valence-electron chi connectivity index (χ0n) is 53.1. The van der Waals surface area contributed by atoms with Gasteiger partial charge in [0.05, 0.1) is 17.8 Å². The summed E-state index contributed by atoms with van der Waals surface area (Å²) in [7, 11) is 0. The summed E-state index contributed by atoms with van der Waals surface area (Å²) in [6.07, 6.45) is 16.6. The van der Waals surface area contributed by atoms with Gasteiger partial charge < -0.3 is 71.2 Å². The van der Waals surface area contributed by atoms with Crippen molar-refractivity contribution in [3.63, 3.8) is 0 Å². The van der Waals surface area contributed by atoms with Crippen LogP contribution in [-0.4, -0.2) is 127 Å². The molecule has 3 aliphatic rings. The maximum Gasteiger partial charge on any atom is 0.225 e. The molecule has 18 N–H and O–H groups in total. The molecule has 0 aromatic carbocycles. The number of amides is 9. The maximum absolute atomic E-state index is 14.3. The van der Waals surface area contributed by atoms with E-state index in [2.05, 4.69) is 42.5 Å². The molecule has 85 heavy (non-hydrogen) atoms. The van der Waals surface area contributed by atoms with Crippen LogP contribution in [0.4, 0.5) is 0 Å². The molecule has 0 saturated heterocycles. The van der Waals surface area contributed by atoms with Crippen molar-refractivity contribution >= 4 is 53.2 Å². The van der Waals surface area contributed by atoms with Crippen LogP contribution in [0, 0.1) is 35.5 Å². The minimum absolute atomic E-state index is 0.0151. The molecule has 0 aromatic rings. The smallest absolute Gasteiger partial charge is 0.225 e. The van der Waals surface area contributed by atoms with Gasteiger partial charge >= 0.3 is 0 Å². The Bertz CT molecular complexity index is 2050. The number of hydrogen-bond donors (Lipinski definition) is 13. The molecular formula is C63H117N13O9. The van der Waals surface area contributed by atoms with Crippen LogP contribution in [0.15, 0.2) is 0 Å². The second-order valence-corrected chi connectivity index (χ2v) is 26.5. The van der Waals surface area contributed by atoms with E-state index in [0.29, 0.717) is 103 Å². The van der Waals surface area contributed by atoms with E-state index in [-0.39, 0.29) is 115 Å². The number of carbonyl (C=O) groups excluding carboxylic acids is 9. The third-order valence-electron chi connectivity index (χ3n) is 17.1. The topological polar surface area (TPSA) is 380 Å². The Morgan fingerprint density at radius 1 is 0.365 bits per heavy atom. The molecule has 22 heteroatoms. The predicted octanol–water partition coefficient (Wildman–Crippen LogP) is 4.11. The van der Waals surface area contributed by atoms with E-state index in [1.54, 1.807) is 0 Å². The second-order valence-electron chi connectivity index (χ2n) is 26.5. The van der Waals surface area contributed by atoms with Gasteiger partial charge in [0.2, 0.25) is 53.2 Å². The van der Waals surface area contributed by atoms with E-state index < -0.39 is 66.1 Å². The summed E-state index contributed by atoms with van der Waals surface area (Å²) in [5, 5.41) is 24.9. The first-order valence-electron chi connectivity index (χ1n) is 33.0. The van der Waals surface area contributed by atoms with Crippen molar-refractivity contribution in [2.24, 2.45) is 64.2 Å². The second kappa shape index (κ2) is 41.3. The van der Waals surface area contributed by atoms with Gasteiger partial charge in [-0.15, -0.1) is 0 Å². The molecule has 0 heterocycles. The van der Waals surface area contributed by atoms with E-state index in [1.165, 1.54) is 0 Å². The van der Waals surface area contributed by atoms with Crippen LogP contribution < -0.4 is 71.2 Å². The van der Waals surface area contributed by atoms with E-state index in [1.807, 2.05) is 41.5 Å². The molecule has 9 amide bonds. The number of rotatable bonds is 41. The Morgan fingerprint density at radius 3 is 0.976 bits per heavy atom. The van der Waals surface area contributed by atoms with E-state index in [0.717, 1.165) is 70.6 Å². The Balaban J connectivity index is 1.66. The highest BCUT2D eigenvalue weighted by Crippen LogP contribution is 2.28. The van der Waals surface area contributed by atoms with Gasteiger partial charge in [0, 0.05) is 92.9 Å². The molecule has 22 nitrogen and oxygen atoms in total. The molecule has 0 aromatic heterocycles. The lowest BCUT2D eigenvalue weighted by atomic mass is 9.83. The zero-order valence-corrected chi connectivity index (χ0v) is 53.1. The highest BCUT2D eigenvalue weighted by Gasteiger charge is 2.37. The van der Waals surface area contributed by atoms with Gasteiger partial charge in [0.1, 0.15) is 0 Å². The van der Waals surface area contributed by atoms with Gasteiger partial charge in [-0.25, -0.2) is 0 Å². The van der Waals surface area contributed by atoms with Crippen molar-refractivity contribution in [2.45, 2.75) is 289 Å². The summed E-state index contributed by atoms with van der Waals surface area (Å²) in [4.78, 5) is 123. The van der Waals surface area contributed by atoms with Gasteiger partial charge in [-0.1, -0.05) is 99.3 Å². The molecule has 3 rings (SSSR count). The first kappa shape index (κ1) is 74.3. The van der Waals surface area contributed by atoms with Crippen molar-refractivity contribution in [2.75, 3.05) is 19.6 Å². The normalized spacial score (nSPS) is 22.0. The fourth-order valence-corrected chi connectivity index (χ4v) is 13.0. The van der Waals surface area contributed by atoms with Crippen LogP contribution >= 0.6 is 0 Å². The first-order chi connectivity index (χ1) is 40.5. The van der Waals surface area contributed by atoms with Crippen LogP contribution in [0.2, 0.25) is 0 Å². The summed E-state index contributed by atoms with van der Waals surface area (Å²) >= 11 is 0. The van der Waals surface area contributed by atoms with Gasteiger partial charge in [0.25, 0.3) is 0 Å². The molecule has 488 valence electrons. The summed E-state index contributed by atoms with van der Waals surface area (Å²) in [5.74, 6) is -3.37. The van der Waals surface area contributed by atoms with Gasteiger partial charge in [0.15, 0.2) is 0 Å². The van der Waals surface area contributed by atoms with Crippen LogP contribution in [0.25, 0.3) is 0 Å². The van der Waals surface area contributed by atoms with Gasteiger partial charge in [-0.2, -0.15) is 0 Å². The van der Waals surface area contributed by atoms with Crippen molar-refractivity contribution in [1.29, 1.82) is 0 Å². The van der Waals surface area contributed by atoms with E-state index in [4.69, 9.17) is 28.7 Å². The van der Waals surface area contributed by atoms with Crippen molar-refractivity contribution < 1.29 is 43.2 Å². The first-order valence-corrected chi connectivity index (χ1v) is 33.0. The lowest BCUT2D eigenvalue weighted by molar-refractivity contribution is -0.131. The molecule has 3 aliphatic carbocycles. The van der Waals surface area contributed by atoms with E-state index >= 15 is 0 Å². The van der Waals surface area contributed by atoms with Gasteiger partial charge in [-0.05, 0) is 134 Å². The highest BCUT2D eigenvalue weighted by atomic mass is 16.2.